The smallest absolute Gasteiger partial charge is 0.387 e. The molecule has 0 atom stereocenters. The predicted molar refractivity (Wildman–Crippen MR) is 102 cm³/mol. The van der Waals surface area contributed by atoms with Crippen LogP contribution in [-0.2, 0) is 0 Å². The minimum atomic E-state index is -2.85. The first-order valence-corrected chi connectivity index (χ1v) is 9.45. The van der Waals surface area contributed by atoms with Gasteiger partial charge in [0.1, 0.15) is 5.75 Å². The van der Waals surface area contributed by atoms with E-state index in [2.05, 4.69) is 9.72 Å². The molecule has 3 aromatic rings. The minimum Gasteiger partial charge on any atom is -0.435 e. The molecule has 136 valence electrons. The number of halogens is 4. The van der Waals surface area contributed by atoms with E-state index in [-0.39, 0.29) is 5.75 Å². The number of benzene rings is 2. The van der Waals surface area contributed by atoms with Crippen LogP contribution in [0.4, 0.5) is 8.78 Å². The average Bonchev–Trinajstić information content (AvgIpc) is 3.01. The van der Waals surface area contributed by atoms with Gasteiger partial charge >= 0.3 is 6.61 Å². The monoisotopic (exact) mass is 414 g/mol. The number of thioether (sulfide) groups is 1. The first kappa shape index (κ1) is 19.0. The number of aromatic nitrogens is 2. The Kier molecular flexibility index (Phi) is 6.06. The third-order valence-corrected chi connectivity index (χ3v) is 5.11. The van der Waals surface area contributed by atoms with Gasteiger partial charge in [-0.25, -0.2) is 4.98 Å². The van der Waals surface area contributed by atoms with E-state index in [1.807, 2.05) is 17.6 Å². The quantitative estimate of drug-likeness (QED) is 0.427. The molecular formula is C18H14Cl2F2N2OS. The third-order valence-electron chi connectivity index (χ3n) is 3.54. The largest absolute Gasteiger partial charge is 0.435 e. The molecule has 0 spiro atoms. The minimum absolute atomic E-state index is 0.102. The van der Waals surface area contributed by atoms with Gasteiger partial charge in [0, 0.05) is 11.3 Å². The molecule has 0 saturated heterocycles. The van der Waals surface area contributed by atoms with Gasteiger partial charge in [-0.1, -0.05) is 48.0 Å². The number of nitrogens with zero attached hydrogens (tertiary/aromatic N) is 2. The summed E-state index contributed by atoms with van der Waals surface area (Å²) >= 11 is 13.7. The van der Waals surface area contributed by atoms with Gasteiger partial charge in [-0.3, -0.25) is 4.57 Å². The Bertz CT molecular complexity index is 901. The SMILES string of the molecule is CCSc1ncc(-c2ccc(Cl)c(Cl)c2)n1-c1ccc(OC(F)F)cc1. The van der Waals surface area contributed by atoms with Crippen molar-refractivity contribution >= 4 is 35.0 Å². The summed E-state index contributed by atoms with van der Waals surface area (Å²) in [6, 6.07) is 11.8. The number of hydrogen-bond donors (Lipinski definition) is 0. The maximum Gasteiger partial charge on any atom is 0.387 e. The van der Waals surface area contributed by atoms with E-state index in [0.717, 1.165) is 27.9 Å². The maximum absolute atomic E-state index is 12.4. The van der Waals surface area contributed by atoms with E-state index in [0.29, 0.717) is 10.0 Å². The maximum atomic E-state index is 12.4. The molecule has 0 unspecified atom stereocenters. The van der Waals surface area contributed by atoms with Gasteiger partial charge in [-0.15, -0.1) is 0 Å². The summed E-state index contributed by atoms with van der Waals surface area (Å²) in [6.45, 7) is -0.825. The van der Waals surface area contributed by atoms with E-state index < -0.39 is 6.61 Å². The van der Waals surface area contributed by atoms with Crippen molar-refractivity contribution in [1.29, 1.82) is 0 Å². The number of imidazole rings is 1. The van der Waals surface area contributed by atoms with Crippen LogP contribution < -0.4 is 4.74 Å². The Morgan fingerprint density at radius 3 is 2.46 bits per heavy atom. The summed E-state index contributed by atoms with van der Waals surface area (Å²) in [5, 5.41) is 1.71. The summed E-state index contributed by atoms with van der Waals surface area (Å²) in [7, 11) is 0. The lowest BCUT2D eigenvalue weighted by molar-refractivity contribution is -0.0498. The van der Waals surface area contributed by atoms with Crippen molar-refractivity contribution in [3.8, 4) is 22.7 Å². The molecule has 0 fully saturated rings. The van der Waals surface area contributed by atoms with Gasteiger partial charge in [0.15, 0.2) is 5.16 Å². The fourth-order valence-corrected chi connectivity index (χ4v) is 3.47. The van der Waals surface area contributed by atoms with Crippen LogP contribution >= 0.6 is 35.0 Å². The van der Waals surface area contributed by atoms with Crippen LogP contribution in [0.15, 0.2) is 53.8 Å². The normalized spacial score (nSPS) is 11.2. The molecule has 0 bridgehead atoms. The van der Waals surface area contributed by atoms with Crippen molar-refractivity contribution in [2.75, 3.05) is 5.75 Å². The molecule has 0 aliphatic heterocycles. The van der Waals surface area contributed by atoms with Gasteiger partial charge in [0.05, 0.1) is 21.9 Å². The molecule has 1 heterocycles. The first-order chi connectivity index (χ1) is 12.5. The zero-order valence-electron chi connectivity index (χ0n) is 13.6. The Morgan fingerprint density at radius 2 is 1.85 bits per heavy atom. The van der Waals surface area contributed by atoms with Crippen LogP contribution in [0.3, 0.4) is 0 Å². The number of rotatable bonds is 6. The molecule has 0 N–H and O–H groups in total. The Labute approximate surface area is 163 Å². The lowest BCUT2D eigenvalue weighted by Crippen LogP contribution is -2.03. The molecule has 1 aromatic heterocycles. The van der Waals surface area contributed by atoms with Crippen molar-refractivity contribution in [3.63, 3.8) is 0 Å². The third kappa shape index (κ3) is 4.14. The van der Waals surface area contributed by atoms with Crippen molar-refractivity contribution < 1.29 is 13.5 Å². The molecule has 8 heteroatoms. The van der Waals surface area contributed by atoms with Crippen molar-refractivity contribution in [1.82, 2.24) is 9.55 Å². The highest BCUT2D eigenvalue weighted by atomic mass is 35.5. The van der Waals surface area contributed by atoms with Crippen molar-refractivity contribution in [3.05, 3.63) is 58.7 Å². The van der Waals surface area contributed by atoms with Crippen LogP contribution in [0, 0.1) is 0 Å². The second kappa shape index (κ2) is 8.29. The van der Waals surface area contributed by atoms with Gasteiger partial charge in [-0.2, -0.15) is 8.78 Å². The highest BCUT2D eigenvalue weighted by Crippen LogP contribution is 2.33. The molecular weight excluding hydrogens is 401 g/mol. The highest BCUT2D eigenvalue weighted by molar-refractivity contribution is 7.99. The molecule has 0 aliphatic carbocycles. The summed E-state index contributed by atoms with van der Waals surface area (Å²) < 4.78 is 31.1. The van der Waals surface area contributed by atoms with Crippen molar-refractivity contribution in [2.24, 2.45) is 0 Å². The lowest BCUT2D eigenvalue weighted by Gasteiger charge is -2.13. The van der Waals surface area contributed by atoms with Gasteiger partial charge in [-0.05, 0) is 42.2 Å². The highest BCUT2D eigenvalue weighted by Gasteiger charge is 2.15. The fourth-order valence-electron chi connectivity index (χ4n) is 2.45. The zero-order valence-corrected chi connectivity index (χ0v) is 16.0. The van der Waals surface area contributed by atoms with E-state index >= 15 is 0 Å². The predicted octanol–water partition coefficient (Wildman–Crippen LogP) is 6.56. The molecule has 0 amide bonds. The molecule has 0 saturated carbocycles. The standard InChI is InChI=1S/C18H14Cl2F2N2OS/c1-2-26-18-23-10-16(11-3-8-14(19)15(20)9-11)24(18)12-4-6-13(7-5-12)25-17(21)22/h3-10,17H,2H2,1H3. The topological polar surface area (TPSA) is 27.1 Å². The van der Waals surface area contributed by atoms with Crippen molar-refractivity contribution in [2.45, 2.75) is 18.7 Å². The van der Waals surface area contributed by atoms with E-state index in [4.69, 9.17) is 23.2 Å². The second-order valence-electron chi connectivity index (χ2n) is 5.20. The van der Waals surface area contributed by atoms with E-state index in [1.54, 1.807) is 42.2 Å². The molecule has 0 radical (unpaired) electrons. The number of ether oxygens (including phenoxy) is 1. The average molecular weight is 415 g/mol. The van der Waals surface area contributed by atoms with E-state index in [1.165, 1.54) is 12.1 Å². The van der Waals surface area contributed by atoms with Crippen LogP contribution in [0.1, 0.15) is 6.92 Å². The van der Waals surface area contributed by atoms with Gasteiger partial charge in [0.25, 0.3) is 0 Å². The van der Waals surface area contributed by atoms with Crippen LogP contribution in [0.25, 0.3) is 16.9 Å². The molecule has 3 nitrogen and oxygen atoms in total. The van der Waals surface area contributed by atoms with E-state index in [9.17, 15) is 8.78 Å². The van der Waals surface area contributed by atoms with Crippen LogP contribution in [0.2, 0.25) is 10.0 Å². The Hall–Kier alpha value is -1.76. The number of hydrogen-bond acceptors (Lipinski definition) is 3. The van der Waals surface area contributed by atoms with Crippen LogP contribution in [-0.4, -0.2) is 21.9 Å². The fraction of sp³-hybridized carbons (Fsp3) is 0.167. The summed E-state index contributed by atoms with van der Waals surface area (Å²) in [6.07, 6.45) is 1.75. The first-order valence-electron chi connectivity index (χ1n) is 7.70. The summed E-state index contributed by atoms with van der Waals surface area (Å²) in [5.74, 6) is 0.939. The zero-order chi connectivity index (χ0) is 18.7. The molecule has 3 rings (SSSR count). The molecule has 2 aromatic carbocycles. The molecule has 26 heavy (non-hydrogen) atoms. The molecule has 0 aliphatic rings. The Morgan fingerprint density at radius 1 is 1.12 bits per heavy atom. The van der Waals surface area contributed by atoms with Gasteiger partial charge < -0.3 is 4.74 Å². The van der Waals surface area contributed by atoms with Crippen LogP contribution in [0.5, 0.6) is 5.75 Å². The number of alkyl halides is 2. The summed E-state index contributed by atoms with van der Waals surface area (Å²) in [4.78, 5) is 4.48. The Balaban J connectivity index is 2.06. The lowest BCUT2D eigenvalue weighted by atomic mass is 10.1. The summed E-state index contributed by atoms with van der Waals surface area (Å²) in [5.41, 5.74) is 2.45. The second-order valence-corrected chi connectivity index (χ2v) is 7.24. The van der Waals surface area contributed by atoms with Gasteiger partial charge in [0.2, 0.25) is 0 Å².